The fourth-order valence-electron chi connectivity index (χ4n) is 0.277. The summed E-state index contributed by atoms with van der Waals surface area (Å²) in [4.78, 5) is 10.1. The van der Waals surface area contributed by atoms with Gasteiger partial charge in [0.1, 0.15) is 0 Å². The Morgan fingerprint density at radius 1 is 1.70 bits per heavy atom. The minimum atomic E-state index is -3.88. The maximum atomic E-state index is 11.7. The summed E-state index contributed by atoms with van der Waals surface area (Å²) < 4.78 is 27.5. The zero-order chi connectivity index (χ0) is 8.20. The van der Waals surface area contributed by atoms with Gasteiger partial charge in [-0.2, -0.15) is 8.78 Å². The summed E-state index contributed by atoms with van der Waals surface area (Å²) >= 11 is 4.31. The molecule has 0 aliphatic rings. The molecule has 0 heterocycles. The van der Waals surface area contributed by atoms with Gasteiger partial charge in [-0.1, -0.05) is 6.92 Å². The van der Waals surface area contributed by atoms with Gasteiger partial charge >= 0.3 is 11.4 Å². The first kappa shape index (κ1) is 9.62. The number of carbonyl (C=O) groups is 1. The van der Waals surface area contributed by atoms with Crippen molar-refractivity contribution in [2.75, 3.05) is 6.61 Å². The van der Waals surface area contributed by atoms with Gasteiger partial charge in [0.15, 0.2) is 0 Å². The van der Waals surface area contributed by atoms with Gasteiger partial charge in [-0.25, -0.2) is 4.79 Å². The molecule has 0 bridgehead atoms. The molecule has 0 amide bonds. The second-order valence-electron chi connectivity index (χ2n) is 1.63. The van der Waals surface area contributed by atoms with Gasteiger partial charge in [0, 0.05) is 0 Å². The Morgan fingerprint density at radius 3 is 2.50 bits per heavy atom. The third kappa shape index (κ3) is 3.61. The lowest BCUT2D eigenvalue weighted by Crippen LogP contribution is -2.24. The molecule has 0 rings (SSSR count). The van der Waals surface area contributed by atoms with Crippen LogP contribution < -0.4 is 0 Å². The van der Waals surface area contributed by atoms with E-state index >= 15 is 0 Å². The van der Waals surface area contributed by atoms with Gasteiger partial charge in [0.25, 0.3) is 0 Å². The Hall–Kier alpha value is -0.380. The van der Waals surface area contributed by atoms with Crippen LogP contribution in [0, 0.1) is 0 Å². The van der Waals surface area contributed by atoms with Crippen LogP contribution in [0.25, 0.3) is 0 Å². The van der Waals surface area contributed by atoms with Gasteiger partial charge in [-0.3, -0.25) is 0 Å². The molecule has 0 N–H and O–H groups in total. The Bertz CT molecular complexity index is 121. The lowest BCUT2D eigenvalue weighted by atomic mass is 10.5. The van der Waals surface area contributed by atoms with Gasteiger partial charge in [0.05, 0.1) is 6.61 Å². The summed E-state index contributed by atoms with van der Waals surface area (Å²) in [5.41, 5.74) is 0. The quantitative estimate of drug-likeness (QED) is 0.479. The van der Waals surface area contributed by atoms with E-state index < -0.39 is 11.4 Å². The first-order valence-corrected chi connectivity index (χ1v) is 3.10. The second kappa shape index (κ2) is 3.71. The number of alkyl halides is 3. The highest BCUT2D eigenvalue weighted by atomic mass is 35.5. The molecular formula is C5H7ClF2O2. The van der Waals surface area contributed by atoms with Crippen LogP contribution in [0.15, 0.2) is 0 Å². The summed E-state index contributed by atoms with van der Waals surface area (Å²) in [6.07, 6.45) is 0.499. The number of carbonyl (C=O) groups excluding carboxylic acids is 1. The molecular weight excluding hydrogens is 166 g/mol. The highest BCUT2D eigenvalue weighted by Crippen LogP contribution is 2.20. The van der Waals surface area contributed by atoms with Gasteiger partial charge < -0.3 is 4.74 Å². The molecule has 0 aromatic heterocycles. The van der Waals surface area contributed by atoms with Crippen LogP contribution in [-0.2, 0) is 9.53 Å². The molecule has 0 saturated carbocycles. The van der Waals surface area contributed by atoms with Gasteiger partial charge in [-0.15, -0.1) is 0 Å². The molecule has 0 aromatic rings. The van der Waals surface area contributed by atoms with Crippen molar-refractivity contribution in [2.45, 2.75) is 18.7 Å². The number of rotatable bonds is 3. The largest absolute Gasteiger partial charge is 0.460 e. The summed E-state index contributed by atoms with van der Waals surface area (Å²) in [6, 6.07) is 0. The minimum Gasteiger partial charge on any atom is -0.460 e. The number of ether oxygens (including phenoxy) is 1. The van der Waals surface area contributed by atoms with Crippen LogP contribution in [0.5, 0.6) is 0 Å². The highest BCUT2D eigenvalue weighted by Gasteiger charge is 2.37. The van der Waals surface area contributed by atoms with Crippen LogP contribution in [0.4, 0.5) is 8.78 Å². The van der Waals surface area contributed by atoms with Crippen LogP contribution >= 0.6 is 11.6 Å². The van der Waals surface area contributed by atoms with Crippen molar-refractivity contribution in [3.05, 3.63) is 0 Å². The Kier molecular flexibility index (Phi) is 3.57. The van der Waals surface area contributed by atoms with E-state index in [0.29, 0.717) is 6.42 Å². The van der Waals surface area contributed by atoms with Crippen molar-refractivity contribution in [3.8, 4) is 0 Å². The SMILES string of the molecule is CCCOC(=O)C(F)(F)Cl. The molecule has 0 radical (unpaired) electrons. The van der Waals surface area contributed by atoms with E-state index in [1.165, 1.54) is 0 Å². The number of esters is 1. The zero-order valence-corrected chi connectivity index (χ0v) is 6.12. The number of hydrogen-bond donors (Lipinski definition) is 0. The molecule has 0 aromatic carbocycles. The van der Waals surface area contributed by atoms with E-state index in [4.69, 9.17) is 0 Å². The van der Waals surface area contributed by atoms with E-state index in [-0.39, 0.29) is 6.61 Å². The highest BCUT2D eigenvalue weighted by molar-refractivity contribution is 6.31. The molecule has 60 valence electrons. The van der Waals surface area contributed by atoms with Gasteiger partial charge in [-0.05, 0) is 18.0 Å². The van der Waals surface area contributed by atoms with Crippen LogP contribution in [0.1, 0.15) is 13.3 Å². The summed E-state index contributed by atoms with van der Waals surface area (Å²) in [6.45, 7) is 1.67. The van der Waals surface area contributed by atoms with Crippen molar-refractivity contribution in [1.29, 1.82) is 0 Å². The normalized spacial score (nSPS) is 11.2. The molecule has 0 fully saturated rings. The minimum absolute atomic E-state index is 0.0266. The maximum absolute atomic E-state index is 11.7. The fourth-order valence-corrected chi connectivity index (χ4v) is 0.331. The average Bonchev–Trinajstić information content (AvgIpc) is 1.80. The monoisotopic (exact) mass is 172 g/mol. The van der Waals surface area contributed by atoms with Crippen LogP contribution in [0.2, 0.25) is 0 Å². The first-order valence-electron chi connectivity index (χ1n) is 2.72. The summed E-state index contributed by atoms with van der Waals surface area (Å²) in [5.74, 6) is -1.68. The lowest BCUT2D eigenvalue weighted by Gasteiger charge is -2.05. The Morgan fingerprint density at radius 2 is 2.20 bits per heavy atom. The smallest absolute Gasteiger partial charge is 0.417 e. The lowest BCUT2D eigenvalue weighted by molar-refractivity contribution is -0.161. The number of hydrogen-bond acceptors (Lipinski definition) is 2. The summed E-state index contributed by atoms with van der Waals surface area (Å²) in [5, 5.41) is -3.88. The van der Waals surface area contributed by atoms with Crippen molar-refractivity contribution in [2.24, 2.45) is 0 Å². The standard InChI is InChI=1S/C5H7ClF2O2/c1-2-3-10-4(9)5(6,7)8/h2-3H2,1H3. The Balaban J connectivity index is 3.64. The molecule has 2 nitrogen and oxygen atoms in total. The van der Waals surface area contributed by atoms with Gasteiger partial charge in [0.2, 0.25) is 0 Å². The predicted molar refractivity (Wildman–Crippen MR) is 32.0 cm³/mol. The van der Waals surface area contributed by atoms with Crippen LogP contribution in [-0.4, -0.2) is 18.0 Å². The van der Waals surface area contributed by atoms with E-state index in [1.54, 1.807) is 6.92 Å². The fraction of sp³-hybridized carbons (Fsp3) is 0.800. The second-order valence-corrected chi connectivity index (χ2v) is 2.11. The molecule has 0 unspecified atom stereocenters. The molecule has 0 atom stereocenters. The van der Waals surface area contributed by atoms with Crippen molar-refractivity contribution >= 4 is 17.6 Å². The molecule has 0 saturated heterocycles. The predicted octanol–water partition coefficient (Wildman–Crippen LogP) is 1.77. The zero-order valence-electron chi connectivity index (χ0n) is 5.36. The van der Waals surface area contributed by atoms with E-state index in [9.17, 15) is 13.6 Å². The first-order chi connectivity index (χ1) is 4.48. The molecule has 5 heteroatoms. The molecule has 10 heavy (non-hydrogen) atoms. The third-order valence-electron chi connectivity index (χ3n) is 0.669. The third-order valence-corrected chi connectivity index (χ3v) is 0.823. The molecule has 0 spiro atoms. The average molecular weight is 173 g/mol. The maximum Gasteiger partial charge on any atom is 0.417 e. The van der Waals surface area contributed by atoms with E-state index in [0.717, 1.165) is 0 Å². The molecule has 0 aliphatic carbocycles. The summed E-state index contributed by atoms with van der Waals surface area (Å²) in [7, 11) is 0. The van der Waals surface area contributed by atoms with Crippen molar-refractivity contribution in [1.82, 2.24) is 0 Å². The van der Waals surface area contributed by atoms with Crippen molar-refractivity contribution < 1.29 is 18.3 Å². The van der Waals surface area contributed by atoms with Crippen molar-refractivity contribution in [3.63, 3.8) is 0 Å². The van der Waals surface area contributed by atoms with Crippen LogP contribution in [0.3, 0.4) is 0 Å². The molecule has 0 aliphatic heterocycles. The van der Waals surface area contributed by atoms with E-state index in [1.807, 2.05) is 0 Å². The topological polar surface area (TPSA) is 26.3 Å². The number of halogens is 3. The van der Waals surface area contributed by atoms with E-state index in [2.05, 4.69) is 16.3 Å². The Labute approximate surface area is 62.1 Å².